The lowest BCUT2D eigenvalue weighted by molar-refractivity contribution is -0.130. The van der Waals surface area contributed by atoms with Gasteiger partial charge in [0.05, 0.1) is 17.6 Å². The first-order chi connectivity index (χ1) is 16.6. The smallest absolute Gasteiger partial charge is 0.249 e. The minimum absolute atomic E-state index is 0.0399. The summed E-state index contributed by atoms with van der Waals surface area (Å²) >= 11 is 0. The average Bonchev–Trinajstić information content (AvgIpc) is 3.50. The summed E-state index contributed by atoms with van der Waals surface area (Å²) in [6.07, 6.45) is 5.55. The summed E-state index contributed by atoms with van der Waals surface area (Å²) in [5, 5.41) is 3.01. The molecule has 1 aliphatic rings. The van der Waals surface area contributed by atoms with Gasteiger partial charge in [-0.1, -0.05) is 44.5 Å². The standard InChI is InChI=1S/C28H37N3O3/c1-21(2)22-13-15-23(16-14-22)33-20-18-31-25-10-6-5-9-24(25)30-27(31)12-4-3-7-17-29-28(32)26-11-8-19-34-26/h5-6,9-10,13-16,21,26H,3-4,7-8,11-12,17-20H2,1-2H3,(H,29,32). The maximum Gasteiger partial charge on any atom is 0.249 e. The van der Waals surface area contributed by atoms with Gasteiger partial charge >= 0.3 is 0 Å². The van der Waals surface area contributed by atoms with Gasteiger partial charge in [0.2, 0.25) is 5.91 Å². The number of carbonyl (C=O) groups excluding carboxylic acids is 1. The van der Waals surface area contributed by atoms with Crippen molar-refractivity contribution in [2.75, 3.05) is 19.8 Å². The molecule has 6 heteroatoms. The number of nitrogens with one attached hydrogen (secondary N) is 1. The van der Waals surface area contributed by atoms with Crippen LogP contribution < -0.4 is 10.1 Å². The first-order valence-electron chi connectivity index (χ1n) is 12.7. The molecule has 0 spiro atoms. The van der Waals surface area contributed by atoms with E-state index < -0.39 is 0 Å². The number of aryl methyl sites for hydroxylation is 1. The van der Waals surface area contributed by atoms with E-state index in [1.54, 1.807) is 0 Å². The van der Waals surface area contributed by atoms with Gasteiger partial charge < -0.3 is 19.4 Å². The Morgan fingerprint density at radius 3 is 2.74 bits per heavy atom. The van der Waals surface area contributed by atoms with Gasteiger partial charge in [0.15, 0.2) is 0 Å². The number of unbranched alkanes of at least 4 members (excludes halogenated alkanes) is 2. The van der Waals surface area contributed by atoms with Crippen LogP contribution in [0.15, 0.2) is 48.5 Å². The van der Waals surface area contributed by atoms with Crippen molar-refractivity contribution in [1.82, 2.24) is 14.9 Å². The number of hydrogen-bond acceptors (Lipinski definition) is 4. The van der Waals surface area contributed by atoms with Crippen molar-refractivity contribution in [3.8, 4) is 5.75 Å². The zero-order chi connectivity index (χ0) is 23.8. The fourth-order valence-corrected chi connectivity index (χ4v) is 4.46. The lowest BCUT2D eigenvalue weighted by Gasteiger charge is -2.12. The molecule has 4 rings (SSSR count). The summed E-state index contributed by atoms with van der Waals surface area (Å²) < 4.78 is 13.8. The van der Waals surface area contributed by atoms with Crippen LogP contribution in [0.2, 0.25) is 0 Å². The van der Waals surface area contributed by atoms with Crippen LogP contribution in [0.25, 0.3) is 11.0 Å². The Labute approximate surface area is 202 Å². The highest BCUT2D eigenvalue weighted by Crippen LogP contribution is 2.20. The first kappa shape index (κ1) is 24.3. The molecule has 2 heterocycles. The van der Waals surface area contributed by atoms with Crippen molar-refractivity contribution < 1.29 is 14.3 Å². The van der Waals surface area contributed by atoms with Crippen LogP contribution in [0.4, 0.5) is 0 Å². The molecule has 3 aromatic rings. The Kier molecular flexibility index (Phi) is 8.58. The predicted octanol–water partition coefficient (Wildman–Crippen LogP) is 5.25. The first-order valence-corrected chi connectivity index (χ1v) is 12.7. The van der Waals surface area contributed by atoms with Crippen LogP contribution in [-0.2, 0) is 22.5 Å². The van der Waals surface area contributed by atoms with Gasteiger partial charge in [0.1, 0.15) is 24.3 Å². The molecule has 2 aromatic carbocycles. The van der Waals surface area contributed by atoms with E-state index in [0.717, 1.165) is 67.7 Å². The fraction of sp³-hybridized carbons (Fsp3) is 0.500. The van der Waals surface area contributed by atoms with Crippen molar-refractivity contribution in [2.24, 2.45) is 0 Å². The quantitative estimate of drug-likeness (QED) is 0.373. The zero-order valence-corrected chi connectivity index (χ0v) is 20.5. The largest absolute Gasteiger partial charge is 0.492 e. The van der Waals surface area contributed by atoms with Crippen LogP contribution in [0, 0.1) is 0 Å². The number of ether oxygens (including phenoxy) is 2. The van der Waals surface area contributed by atoms with Crippen molar-refractivity contribution in [1.29, 1.82) is 0 Å². The number of aromatic nitrogens is 2. The number of amides is 1. The molecule has 1 amide bonds. The third-order valence-electron chi connectivity index (χ3n) is 6.46. The number of rotatable bonds is 12. The van der Waals surface area contributed by atoms with Crippen molar-refractivity contribution in [2.45, 2.75) is 70.9 Å². The van der Waals surface area contributed by atoms with Crippen LogP contribution in [0.3, 0.4) is 0 Å². The van der Waals surface area contributed by atoms with Crippen LogP contribution >= 0.6 is 0 Å². The summed E-state index contributed by atoms with van der Waals surface area (Å²) in [4.78, 5) is 16.9. The Balaban J connectivity index is 1.26. The minimum Gasteiger partial charge on any atom is -0.492 e. The second-order valence-corrected chi connectivity index (χ2v) is 9.34. The Morgan fingerprint density at radius 2 is 1.97 bits per heavy atom. The summed E-state index contributed by atoms with van der Waals surface area (Å²) in [7, 11) is 0. The summed E-state index contributed by atoms with van der Waals surface area (Å²) in [6, 6.07) is 16.7. The number of benzene rings is 2. The number of nitrogens with zero attached hydrogens (tertiary/aromatic N) is 2. The zero-order valence-electron chi connectivity index (χ0n) is 20.5. The SMILES string of the molecule is CC(C)c1ccc(OCCn2c(CCCCCNC(=O)C3CCCO3)nc3ccccc32)cc1. The second kappa shape index (κ2) is 12.0. The third-order valence-corrected chi connectivity index (χ3v) is 6.46. The summed E-state index contributed by atoms with van der Waals surface area (Å²) in [6.45, 7) is 7.17. The van der Waals surface area contributed by atoms with Gasteiger partial charge in [-0.3, -0.25) is 4.79 Å². The molecule has 34 heavy (non-hydrogen) atoms. The van der Waals surface area contributed by atoms with E-state index in [1.807, 2.05) is 6.07 Å². The molecule has 1 unspecified atom stereocenters. The topological polar surface area (TPSA) is 65.4 Å². The molecule has 1 aromatic heterocycles. The molecule has 0 saturated carbocycles. The van der Waals surface area contributed by atoms with Crippen molar-refractivity contribution >= 4 is 16.9 Å². The van der Waals surface area contributed by atoms with E-state index in [1.165, 1.54) is 5.56 Å². The van der Waals surface area contributed by atoms with E-state index in [2.05, 4.69) is 66.2 Å². The molecule has 1 atom stereocenters. The van der Waals surface area contributed by atoms with Gasteiger partial charge in [-0.25, -0.2) is 4.98 Å². The highest BCUT2D eigenvalue weighted by molar-refractivity contribution is 5.80. The molecule has 0 radical (unpaired) electrons. The van der Waals surface area contributed by atoms with Crippen LogP contribution in [0.5, 0.6) is 5.75 Å². The molecular formula is C28H37N3O3. The summed E-state index contributed by atoms with van der Waals surface area (Å²) in [5.74, 6) is 2.56. The molecule has 0 bridgehead atoms. The van der Waals surface area contributed by atoms with E-state index in [0.29, 0.717) is 25.7 Å². The second-order valence-electron chi connectivity index (χ2n) is 9.34. The molecule has 6 nitrogen and oxygen atoms in total. The van der Waals surface area contributed by atoms with E-state index in [-0.39, 0.29) is 12.0 Å². The van der Waals surface area contributed by atoms with Crippen molar-refractivity contribution in [3.63, 3.8) is 0 Å². The van der Waals surface area contributed by atoms with E-state index >= 15 is 0 Å². The Hall–Kier alpha value is -2.86. The maximum atomic E-state index is 12.0. The third kappa shape index (κ3) is 6.38. The van der Waals surface area contributed by atoms with Gasteiger partial charge in [0, 0.05) is 19.6 Å². The summed E-state index contributed by atoms with van der Waals surface area (Å²) in [5.41, 5.74) is 3.50. The molecular weight excluding hydrogens is 426 g/mol. The fourth-order valence-electron chi connectivity index (χ4n) is 4.46. The van der Waals surface area contributed by atoms with E-state index in [9.17, 15) is 4.79 Å². The normalized spacial score (nSPS) is 15.8. The monoisotopic (exact) mass is 463 g/mol. The molecule has 182 valence electrons. The molecule has 0 aliphatic carbocycles. The number of hydrogen-bond donors (Lipinski definition) is 1. The molecule has 1 aliphatic heterocycles. The van der Waals surface area contributed by atoms with Gasteiger partial charge in [0.25, 0.3) is 0 Å². The molecule has 1 N–H and O–H groups in total. The van der Waals surface area contributed by atoms with Gasteiger partial charge in [-0.15, -0.1) is 0 Å². The molecule has 1 saturated heterocycles. The lowest BCUT2D eigenvalue weighted by Crippen LogP contribution is -2.34. The molecule has 1 fully saturated rings. The van der Waals surface area contributed by atoms with Crippen LogP contribution in [0.1, 0.15) is 63.3 Å². The van der Waals surface area contributed by atoms with Crippen molar-refractivity contribution in [3.05, 3.63) is 59.9 Å². The number of imidazole rings is 1. The highest BCUT2D eigenvalue weighted by Gasteiger charge is 2.22. The Bertz CT molecular complexity index is 1050. The van der Waals surface area contributed by atoms with Gasteiger partial charge in [-0.2, -0.15) is 0 Å². The number of carbonyl (C=O) groups is 1. The van der Waals surface area contributed by atoms with E-state index in [4.69, 9.17) is 14.5 Å². The average molecular weight is 464 g/mol. The maximum absolute atomic E-state index is 12.0. The number of para-hydroxylation sites is 2. The lowest BCUT2D eigenvalue weighted by atomic mass is 10.0. The van der Waals surface area contributed by atoms with Crippen LogP contribution in [-0.4, -0.2) is 41.3 Å². The van der Waals surface area contributed by atoms with Gasteiger partial charge in [-0.05, 0) is 61.4 Å². The highest BCUT2D eigenvalue weighted by atomic mass is 16.5. The predicted molar refractivity (Wildman–Crippen MR) is 135 cm³/mol. The minimum atomic E-state index is -0.240. The Morgan fingerprint density at radius 1 is 1.15 bits per heavy atom. The number of fused-ring (bicyclic) bond motifs is 1.